The molecule has 2 saturated heterocycles. The molecule has 2 aliphatic heterocycles. The number of fused-ring (bicyclic) bond motifs is 1. The lowest BCUT2D eigenvalue weighted by molar-refractivity contribution is -0.0319. The van der Waals surface area contributed by atoms with Crippen molar-refractivity contribution in [2.45, 2.75) is 19.4 Å². The van der Waals surface area contributed by atoms with Crippen molar-refractivity contribution in [1.82, 2.24) is 25.2 Å². The predicted molar refractivity (Wildman–Crippen MR) is 115 cm³/mol. The van der Waals surface area contributed by atoms with E-state index in [4.69, 9.17) is 16.3 Å². The second-order valence-electron chi connectivity index (χ2n) is 8.50. The highest BCUT2D eigenvalue weighted by Gasteiger charge is 2.47. The second-order valence-corrected chi connectivity index (χ2v) is 8.90. The Morgan fingerprint density at radius 2 is 1.91 bits per heavy atom. The van der Waals surface area contributed by atoms with Crippen molar-refractivity contribution in [3.05, 3.63) is 58.4 Å². The number of hydrogen-bond donors (Lipinski definition) is 1. The molecule has 2 aromatic carbocycles. The van der Waals surface area contributed by atoms with Crippen molar-refractivity contribution in [1.29, 1.82) is 0 Å². The van der Waals surface area contributed by atoms with Crippen molar-refractivity contribution in [3.63, 3.8) is 0 Å². The van der Waals surface area contributed by atoms with E-state index in [-0.39, 0.29) is 23.0 Å². The number of aromatic amines is 1. The van der Waals surface area contributed by atoms with Crippen LogP contribution in [0.2, 0.25) is 5.02 Å². The van der Waals surface area contributed by atoms with Gasteiger partial charge in [0.1, 0.15) is 17.9 Å². The van der Waals surface area contributed by atoms with Gasteiger partial charge in [-0.1, -0.05) is 22.9 Å². The molecule has 5 rings (SSSR count). The highest BCUT2D eigenvalue weighted by molar-refractivity contribution is 6.30. The first kappa shape index (κ1) is 20.7. The molecule has 2 amide bonds. The number of piperidine rings is 1. The Morgan fingerprint density at radius 3 is 2.66 bits per heavy atom. The van der Waals surface area contributed by atoms with Crippen LogP contribution in [0.5, 0.6) is 0 Å². The molecule has 8 nitrogen and oxygen atoms in total. The predicted octanol–water partition coefficient (Wildman–Crippen LogP) is 3.63. The van der Waals surface area contributed by atoms with Crippen LogP contribution < -0.4 is 0 Å². The van der Waals surface area contributed by atoms with Gasteiger partial charge in [0.2, 0.25) is 0 Å². The van der Waals surface area contributed by atoms with E-state index in [1.165, 1.54) is 12.1 Å². The van der Waals surface area contributed by atoms with Gasteiger partial charge >= 0.3 is 6.09 Å². The number of rotatable bonds is 3. The molecule has 1 aromatic heterocycles. The van der Waals surface area contributed by atoms with Crippen molar-refractivity contribution >= 4 is 34.6 Å². The smallest absolute Gasteiger partial charge is 0.410 e. The van der Waals surface area contributed by atoms with Crippen LogP contribution in [0.3, 0.4) is 0 Å². The maximum Gasteiger partial charge on any atom is 0.410 e. The van der Waals surface area contributed by atoms with E-state index in [1.54, 1.807) is 23.1 Å². The average Bonchev–Trinajstić information content (AvgIpc) is 3.25. The Hall–Kier alpha value is -3.20. The number of carbonyl (C=O) groups is 2. The number of carbonyl (C=O) groups excluding carboxylic acids is 2. The molecule has 3 heterocycles. The summed E-state index contributed by atoms with van der Waals surface area (Å²) in [6, 6.07) is 9.59. The largest absolute Gasteiger partial charge is 0.445 e. The van der Waals surface area contributed by atoms with Gasteiger partial charge in [0.05, 0.1) is 10.5 Å². The number of likely N-dealkylation sites (tertiary alicyclic amines) is 2. The highest BCUT2D eigenvalue weighted by Crippen LogP contribution is 2.41. The van der Waals surface area contributed by atoms with Gasteiger partial charge in [0.25, 0.3) is 5.91 Å². The van der Waals surface area contributed by atoms with E-state index in [0.717, 1.165) is 18.4 Å². The molecule has 0 saturated carbocycles. The summed E-state index contributed by atoms with van der Waals surface area (Å²) in [7, 11) is 0. The number of nitrogens with one attached hydrogen (secondary N) is 1. The van der Waals surface area contributed by atoms with Crippen LogP contribution in [0.4, 0.5) is 9.18 Å². The number of nitrogens with zero attached hydrogens (tertiary/aromatic N) is 4. The monoisotopic (exact) mass is 457 g/mol. The highest BCUT2D eigenvalue weighted by atomic mass is 35.5. The number of H-pyrrole nitrogens is 1. The molecule has 0 atom stereocenters. The van der Waals surface area contributed by atoms with Crippen LogP contribution in [0.25, 0.3) is 11.0 Å². The van der Waals surface area contributed by atoms with Gasteiger partial charge in [0, 0.05) is 37.2 Å². The minimum Gasteiger partial charge on any atom is -0.445 e. The normalized spacial score (nSPS) is 17.4. The molecule has 0 bridgehead atoms. The third kappa shape index (κ3) is 3.88. The number of hydrogen-bond acceptors (Lipinski definition) is 5. The summed E-state index contributed by atoms with van der Waals surface area (Å²) in [5.74, 6) is -0.518. The molecule has 3 aromatic rings. The Balaban J connectivity index is 1.11. The van der Waals surface area contributed by atoms with E-state index in [9.17, 15) is 14.0 Å². The van der Waals surface area contributed by atoms with E-state index in [0.29, 0.717) is 42.8 Å². The first-order chi connectivity index (χ1) is 15.4. The molecule has 2 aliphatic rings. The molecule has 0 radical (unpaired) electrons. The van der Waals surface area contributed by atoms with Crippen LogP contribution in [-0.4, -0.2) is 63.4 Å². The molecule has 0 aliphatic carbocycles. The number of aromatic nitrogens is 3. The maximum atomic E-state index is 13.2. The number of ether oxygens (including phenoxy) is 1. The lowest BCUT2D eigenvalue weighted by Crippen LogP contribution is -2.62. The zero-order valence-corrected chi connectivity index (χ0v) is 17.9. The molecule has 0 unspecified atom stereocenters. The van der Waals surface area contributed by atoms with Gasteiger partial charge in [-0.2, -0.15) is 0 Å². The fourth-order valence-corrected chi connectivity index (χ4v) is 4.61. The molecule has 1 N–H and O–H groups in total. The van der Waals surface area contributed by atoms with E-state index in [1.807, 2.05) is 11.0 Å². The molecule has 2 fully saturated rings. The standard InChI is InChI=1S/C22H21ClFN5O3/c23-16-9-14(1-3-17(16)24)11-32-21(31)28-7-5-22(6-8-28)12-29(13-22)20(30)15-2-4-18-19(10-15)26-27-25-18/h1-4,9-10H,5-8,11-13H2,(H,25,26,27). The fourth-order valence-electron chi connectivity index (χ4n) is 4.41. The molecular formula is C22H21ClFN5O3. The topological polar surface area (TPSA) is 91.4 Å². The second kappa shape index (κ2) is 8.05. The lowest BCUT2D eigenvalue weighted by Gasteiger charge is -2.53. The Labute approximate surface area is 188 Å². The fraction of sp³-hybridized carbons (Fsp3) is 0.364. The van der Waals surface area contributed by atoms with Crippen LogP contribution in [-0.2, 0) is 11.3 Å². The SMILES string of the molecule is O=C(OCc1ccc(F)c(Cl)c1)N1CCC2(CC1)CN(C(=O)c1ccc3[nH]nnc3c1)C2. The number of benzene rings is 2. The summed E-state index contributed by atoms with van der Waals surface area (Å²) in [6.45, 7) is 2.56. The summed E-state index contributed by atoms with van der Waals surface area (Å²) in [6.07, 6.45) is 1.24. The van der Waals surface area contributed by atoms with Crippen LogP contribution in [0.15, 0.2) is 36.4 Å². The Morgan fingerprint density at radius 1 is 1.12 bits per heavy atom. The Bertz CT molecular complexity index is 1180. The summed E-state index contributed by atoms with van der Waals surface area (Å²) >= 11 is 5.76. The van der Waals surface area contributed by atoms with E-state index < -0.39 is 11.9 Å². The lowest BCUT2D eigenvalue weighted by atomic mass is 9.72. The van der Waals surface area contributed by atoms with Crippen molar-refractivity contribution in [2.75, 3.05) is 26.2 Å². The molecule has 10 heteroatoms. The first-order valence-electron chi connectivity index (χ1n) is 10.4. The van der Waals surface area contributed by atoms with E-state index >= 15 is 0 Å². The van der Waals surface area contributed by atoms with Gasteiger partial charge in [-0.05, 0) is 48.7 Å². The zero-order chi connectivity index (χ0) is 22.3. The van der Waals surface area contributed by atoms with Crippen LogP contribution in [0, 0.1) is 11.2 Å². The summed E-state index contributed by atoms with van der Waals surface area (Å²) in [5, 5.41) is 10.5. The van der Waals surface area contributed by atoms with Crippen molar-refractivity contribution < 1.29 is 18.7 Å². The van der Waals surface area contributed by atoms with Gasteiger partial charge < -0.3 is 14.5 Å². The average molecular weight is 458 g/mol. The third-order valence-corrected chi connectivity index (χ3v) is 6.63. The van der Waals surface area contributed by atoms with Crippen molar-refractivity contribution in [2.24, 2.45) is 5.41 Å². The quantitative estimate of drug-likeness (QED) is 0.648. The molecule has 32 heavy (non-hydrogen) atoms. The minimum absolute atomic E-state index is 0.00324. The molecule has 1 spiro atoms. The maximum absolute atomic E-state index is 13.2. The van der Waals surface area contributed by atoms with Gasteiger partial charge in [-0.3, -0.25) is 9.89 Å². The Kier molecular flexibility index (Phi) is 5.21. The van der Waals surface area contributed by atoms with Crippen LogP contribution in [0.1, 0.15) is 28.8 Å². The first-order valence-corrected chi connectivity index (χ1v) is 10.8. The van der Waals surface area contributed by atoms with Gasteiger partial charge in [-0.25, -0.2) is 9.18 Å². The minimum atomic E-state index is -0.505. The summed E-state index contributed by atoms with van der Waals surface area (Å²) < 4.78 is 18.6. The van der Waals surface area contributed by atoms with E-state index in [2.05, 4.69) is 15.4 Å². The summed E-state index contributed by atoms with van der Waals surface area (Å²) in [5.41, 5.74) is 2.75. The molecule has 166 valence electrons. The molecular weight excluding hydrogens is 437 g/mol. The van der Waals surface area contributed by atoms with Gasteiger partial charge in [0.15, 0.2) is 0 Å². The van der Waals surface area contributed by atoms with Gasteiger partial charge in [-0.15, -0.1) is 5.10 Å². The zero-order valence-electron chi connectivity index (χ0n) is 17.2. The van der Waals surface area contributed by atoms with Crippen LogP contribution >= 0.6 is 11.6 Å². The third-order valence-electron chi connectivity index (χ3n) is 6.34. The number of halogens is 2. The number of amides is 2. The summed E-state index contributed by atoms with van der Waals surface area (Å²) in [4.78, 5) is 28.7. The van der Waals surface area contributed by atoms with Crippen molar-refractivity contribution in [3.8, 4) is 0 Å².